The Bertz CT molecular complexity index is 619. The molecule has 20 heavy (non-hydrogen) atoms. The minimum atomic E-state index is -1.44. The summed E-state index contributed by atoms with van der Waals surface area (Å²) in [4.78, 5) is 0. The first-order chi connectivity index (χ1) is 9.40. The standard InChI is InChI=1S/C14H10BrF4N/c1-7(8-3-2-4-9(15)5-8)20-14-12(18)10(16)6-11(17)13(14)19/h2-7,20H,1H3. The monoisotopic (exact) mass is 347 g/mol. The highest BCUT2D eigenvalue weighted by Gasteiger charge is 2.20. The molecule has 0 radical (unpaired) electrons. The summed E-state index contributed by atoms with van der Waals surface area (Å²) < 4.78 is 54.1. The minimum Gasteiger partial charge on any atom is -0.374 e. The molecular formula is C14H10BrF4N. The van der Waals surface area contributed by atoms with E-state index in [1.54, 1.807) is 31.2 Å². The van der Waals surface area contributed by atoms with Gasteiger partial charge in [-0.25, -0.2) is 17.6 Å². The summed E-state index contributed by atoms with van der Waals surface area (Å²) in [7, 11) is 0. The first kappa shape index (κ1) is 14.8. The highest BCUT2D eigenvalue weighted by molar-refractivity contribution is 9.10. The van der Waals surface area contributed by atoms with Gasteiger partial charge in [0, 0.05) is 16.6 Å². The van der Waals surface area contributed by atoms with Crippen molar-refractivity contribution >= 4 is 21.6 Å². The Morgan fingerprint density at radius 1 is 1.00 bits per heavy atom. The molecule has 1 unspecified atom stereocenters. The van der Waals surface area contributed by atoms with Crippen molar-refractivity contribution in [1.82, 2.24) is 0 Å². The van der Waals surface area contributed by atoms with Gasteiger partial charge in [0.15, 0.2) is 23.3 Å². The van der Waals surface area contributed by atoms with E-state index in [2.05, 4.69) is 21.2 Å². The minimum absolute atomic E-state index is 0.180. The van der Waals surface area contributed by atoms with Gasteiger partial charge < -0.3 is 5.32 Å². The van der Waals surface area contributed by atoms with Gasteiger partial charge in [0.05, 0.1) is 0 Å². The Kier molecular flexibility index (Phi) is 4.32. The zero-order valence-electron chi connectivity index (χ0n) is 10.4. The second-order valence-electron chi connectivity index (χ2n) is 4.26. The van der Waals surface area contributed by atoms with Crippen molar-refractivity contribution in [2.45, 2.75) is 13.0 Å². The number of hydrogen-bond acceptors (Lipinski definition) is 1. The summed E-state index contributed by atoms with van der Waals surface area (Å²) in [6.45, 7) is 1.63. The fourth-order valence-corrected chi connectivity index (χ4v) is 2.19. The molecule has 0 saturated carbocycles. The molecular weight excluding hydrogens is 338 g/mol. The molecule has 0 aliphatic carbocycles. The topological polar surface area (TPSA) is 12.0 Å². The number of halogens is 5. The van der Waals surface area contributed by atoms with Gasteiger partial charge in [-0.15, -0.1) is 0 Å². The van der Waals surface area contributed by atoms with Crippen LogP contribution in [0.2, 0.25) is 0 Å². The maximum atomic E-state index is 13.5. The lowest BCUT2D eigenvalue weighted by Crippen LogP contribution is -2.11. The first-order valence-corrected chi connectivity index (χ1v) is 6.54. The third kappa shape index (κ3) is 2.95. The number of hydrogen-bond donors (Lipinski definition) is 1. The van der Waals surface area contributed by atoms with E-state index in [9.17, 15) is 17.6 Å². The number of nitrogens with one attached hydrogen (secondary N) is 1. The fraction of sp³-hybridized carbons (Fsp3) is 0.143. The molecule has 0 bridgehead atoms. The molecule has 0 saturated heterocycles. The van der Waals surface area contributed by atoms with Gasteiger partial charge >= 0.3 is 0 Å². The highest BCUT2D eigenvalue weighted by atomic mass is 79.9. The van der Waals surface area contributed by atoms with Gasteiger partial charge in [0.2, 0.25) is 0 Å². The smallest absolute Gasteiger partial charge is 0.185 e. The number of anilines is 1. The quantitative estimate of drug-likeness (QED) is 0.595. The highest BCUT2D eigenvalue weighted by Crippen LogP contribution is 2.28. The molecule has 0 aliphatic heterocycles. The molecule has 0 aliphatic rings. The van der Waals surface area contributed by atoms with Crippen molar-refractivity contribution in [3.8, 4) is 0 Å². The summed E-state index contributed by atoms with van der Waals surface area (Å²) in [5.41, 5.74) is -0.0992. The number of benzene rings is 2. The van der Waals surface area contributed by atoms with E-state index in [0.717, 1.165) is 4.47 Å². The van der Waals surface area contributed by atoms with Crippen LogP contribution < -0.4 is 5.32 Å². The van der Waals surface area contributed by atoms with Gasteiger partial charge in [-0.3, -0.25) is 0 Å². The van der Waals surface area contributed by atoms with Gasteiger partial charge in [-0.1, -0.05) is 28.1 Å². The zero-order chi connectivity index (χ0) is 14.9. The van der Waals surface area contributed by atoms with Crippen LogP contribution in [0.5, 0.6) is 0 Å². The molecule has 6 heteroatoms. The van der Waals surface area contributed by atoms with Crippen molar-refractivity contribution in [2.75, 3.05) is 5.32 Å². The van der Waals surface area contributed by atoms with E-state index in [1.165, 1.54) is 0 Å². The second kappa shape index (κ2) is 5.83. The molecule has 1 atom stereocenters. The largest absolute Gasteiger partial charge is 0.374 e. The summed E-state index contributed by atoms with van der Waals surface area (Å²) in [5, 5.41) is 2.45. The summed E-state index contributed by atoms with van der Waals surface area (Å²) >= 11 is 3.27. The third-order valence-corrected chi connectivity index (χ3v) is 3.31. The molecule has 0 aromatic heterocycles. The number of rotatable bonds is 3. The van der Waals surface area contributed by atoms with Crippen LogP contribution in [0.4, 0.5) is 23.2 Å². The Balaban J connectivity index is 2.35. The van der Waals surface area contributed by atoms with Crippen LogP contribution in [0.15, 0.2) is 34.8 Å². The maximum absolute atomic E-state index is 13.5. The van der Waals surface area contributed by atoms with Crippen LogP contribution in [0.25, 0.3) is 0 Å². The molecule has 0 heterocycles. The van der Waals surface area contributed by atoms with Crippen LogP contribution in [0.3, 0.4) is 0 Å². The SMILES string of the molecule is CC(Nc1c(F)c(F)cc(F)c1F)c1cccc(Br)c1. The first-order valence-electron chi connectivity index (χ1n) is 5.75. The van der Waals surface area contributed by atoms with E-state index < -0.39 is 35.0 Å². The lowest BCUT2D eigenvalue weighted by molar-refractivity contribution is 0.457. The van der Waals surface area contributed by atoms with Gasteiger partial charge in [-0.05, 0) is 24.6 Å². The molecule has 0 spiro atoms. The van der Waals surface area contributed by atoms with Gasteiger partial charge in [0.25, 0.3) is 0 Å². The van der Waals surface area contributed by atoms with Crippen molar-refractivity contribution in [3.05, 3.63) is 63.6 Å². The van der Waals surface area contributed by atoms with E-state index in [0.29, 0.717) is 5.56 Å². The Morgan fingerprint density at radius 2 is 1.60 bits per heavy atom. The summed E-state index contributed by atoms with van der Waals surface area (Å²) in [6, 6.07) is 6.66. The summed E-state index contributed by atoms with van der Waals surface area (Å²) in [5.74, 6) is -5.75. The third-order valence-electron chi connectivity index (χ3n) is 2.82. The fourth-order valence-electron chi connectivity index (χ4n) is 1.78. The molecule has 1 nitrogen and oxygen atoms in total. The van der Waals surface area contributed by atoms with E-state index in [1.807, 2.05) is 0 Å². The van der Waals surface area contributed by atoms with Crippen molar-refractivity contribution < 1.29 is 17.6 Å². The van der Waals surface area contributed by atoms with Gasteiger partial charge in [-0.2, -0.15) is 0 Å². The molecule has 2 rings (SSSR count). The van der Waals surface area contributed by atoms with Crippen LogP contribution in [0, 0.1) is 23.3 Å². The van der Waals surface area contributed by atoms with E-state index in [4.69, 9.17) is 0 Å². The van der Waals surface area contributed by atoms with Crippen molar-refractivity contribution in [2.24, 2.45) is 0 Å². The van der Waals surface area contributed by atoms with Gasteiger partial charge in [0.1, 0.15) is 5.69 Å². The average Bonchev–Trinajstić information content (AvgIpc) is 2.41. The normalized spacial score (nSPS) is 12.3. The molecule has 1 N–H and O–H groups in total. The van der Waals surface area contributed by atoms with Crippen molar-refractivity contribution in [3.63, 3.8) is 0 Å². The van der Waals surface area contributed by atoms with E-state index in [-0.39, 0.29) is 6.07 Å². The Labute approximate surface area is 121 Å². The lowest BCUT2D eigenvalue weighted by Gasteiger charge is -2.17. The second-order valence-corrected chi connectivity index (χ2v) is 5.18. The summed E-state index contributed by atoms with van der Waals surface area (Å²) in [6.07, 6.45) is 0. The van der Waals surface area contributed by atoms with Crippen molar-refractivity contribution in [1.29, 1.82) is 0 Å². The van der Waals surface area contributed by atoms with Crippen LogP contribution in [-0.2, 0) is 0 Å². The predicted molar refractivity (Wildman–Crippen MR) is 72.5 cm³/mol. The Morgan fingerprint density at radius 3 is 2.15 bits per heavy atom. The predicted octanol–water partition coefficient (Wildman–Crippen LogP) is 5.18. The lowest BCUT2D eigenvalue weighted by atomic mass is 10.1. The molecule has 106 valence electrons. The average molecular weight is 348 g/mol. The maximum Gasteiger partial charge on any atom is 0.185 e. The molecule has 0 fully saturated rings. The molecule has 0 amide bonds. The van der Waals surface area contributed by atoms with Crippen LogP contribution in [0.1, 0.15) is 18.5 Å². The zero-order valence-corrected chi connectivity index (χ0v) is 11.9. The van der Waals surface area contributed by atoms with E-state index >= 15 is 0 Å². The van der Waals surface area contributed by atoms with Crippen LogP contribution >= 0.6 is 15.9 Å². The Hall–Kier alpha value is -1.56. The molecule has 2 aromatic carbocycles. The molecule has 2 aromatic rings. The van der Waals surface area contributed by atoms with Crippen LogP contribution in [-0.4, -0.2) is 0 Å².